The molecule has 1 aromatic rings. The lowest BCUT2D eigenvalue weighted by Gasteiger charge is -2.14. The second-order valence-corrected chi connectivity index (χ2v) is 4.18. The van der Waals surface area contributed by atoms with E-state index in [4.69, 9.17) is 9.47 Å². The molecule has 0 spiro atoms. The summed E-state index contributed by atoms with van der Waals surface area (Å²) in [5.41, 5.74) is 1.22. The highest BCUT2D eigenvalue weighted by Gasteiger charge is 2.16. The molecule has 1 saturated heterocycles. The molecule has 0 saturated carbocycles. The predicted octanol–water partition coefficient (Wildman–Crippen LogP) is 2.00. The smallest absolute Gasteiger partial charge is 0.122 e. The van der Waals surface area contributed by atoms with Crippen molar-refractivity contribution in [2.24, 2.45) is 0 Å². The number of nitrogens with one attached hydrogen (secondary N) is 1. The van der Waals surface area contributed by atoms with Gasteiger partial charge >= 0.3 is 0 Å². The van der Waals surface area contributed by atoms with Crippen molar-refractivity contribution in [3.05, 3.63) is 23.8 Å². The van der Waals surface area contributed by atoms with Crippen LogP contribution in [0.25, 0.3) is 0 Å². The molecular weight excluding hydrogens is 202 g/mol. The van der Waals surface area contributed by atoms with E-state index in [2.05, 4.69) is 11.4 Å². The van der Waals surface area contributed by atoms with Crippen molar-refractivity contribution in [1.29, 1.82) is 0 Å². The topological polar surface area (TPSA) is 30.5 Å². The number of hydrogen-bond acceptors (Lipinski definition) is 3. The Balaban J connectivity index is 2.15. The van der Waals surface area contributed by atoms with Crippen LogP contribution in [-0.4, -0.2) is 26.8 Å². The SMILES string of the molecule is COc1ccc(OC)c(CC2CCCN2)c1. The summed E-state index contributed by atoms with van der Waals surface area (Å²) in [6.07, 6.45) is 3.54. The summed E-state index contributed by atoms with van der Waals surface area (Å²) in [6.45, 7) is 1.14. The molecule has 1 atom stereocenters. The highest BCUT2D eigenvalue weighted by atomic mass is 16.5. The average Bonchev–Trinajstić information content (AvgIpc) is 2.82. The largest absolute Gasteiger partial charge is 0.497 e. The van der Waals surface area contributed by atoms with E-state index in [1.165, 1.54) is 18.4 Å². The summed E-state index contributed by atoms with van der Waals surface area (Å²) in [5, 5.41) is 3.50. The van der Waals surface area contributed by atoms with Gasteiger partial charge in [0.05, 0.1) is 14.2 Å². The number of rotatable bonds is 4. The molecule has 1 unspecified atom stereocenters. The van der Waals surface area contributed by atoms with Crippen LogP contribution < -0.4 is 14.8 Å². The maximum atomic E-state index is 5.37. The molecule has 1 aromatic carbocycles. The van der Waals surface area contributed by atoms with Gasteiger partial charge in [0.25, 0.3) is 0 Å². The Morgan fingerprint density at radius 1 is 1.31 bits per heavy atom. The molecule has 0 amide bonds. The van der Waals surface area contributed by atoms with E-state index in [1.807, 2.05) is 12.1 Å². The fourth-order valence-electron chi connectivity index (χ4n) is 2.24. The maximum Gasteiger partial charge on any atom is 0.122 e. The second-order valence-electron chi connectivity index (χ2n) is 4.18. The van der Waals surface area contributed by atoms with Gasteiger partial charge in [-0.1, -0.05) is 0 Å². The highest BCUT2D eigenvalue weighted by molar-refractivity contribution is 5.40. The van der Waals surface area contributed by atoms with Gasteiger partial charge in [-0.3, -0.25) is 0 Å². The minimum Gasteiger partial charge on any atom is -0.497 e. The lowest BCUT2D eigenvalue weighted by Crippen LogP contribution is -2.23. The molecule has 3 nitrogen and oxygen atoms in total. The number of hydrogen-bond donors (Lipinski definition) is 1. The quantitative estimate of drug-likeness (QED) is 0.843. The lowest BCUT2D eigenvalue weighted by molar-refractivity contribution is 0.396. The van der Waals surface area contributed by atoms with Crippen LogP contribution >= 0.6 is 0 Å². The third-order valence-electron chi connectivity index (χ3n) is 3.12. The average molecular weight is 221 g/mol. The molecule has 3 heteroatoms. The van der Waals surface area contributed by atoms with Crippen molar-refractivity contribution >= 4 is 0 Å². The van der Waals surface area contributed by atoms with Crippen molar-refractivity contribution in [2.45, 2.75) is 25.3 Å². The highest BCUT2D eigenvalue weighted by Crippen LogP contribution is 2.26. The van der Waals surface area contributed by atoms with Crippen molar-refractivity contribution in [3.63, 3.8) is 0 Å². The summed E-state index contributed by atoms with van der Waals surface area (Å²) in [5.74, 6) is 1.85. The Morgan fingerprint density at radius 3 is 2.81 bits per heavy atom. The zero-order chi connectivity index (χ0) is 11.4. The van der Waals surface area contributed by atoms with Crippen LogP contribution in [0.4, 0.5) is 0 Å². The zero-order valence-corrected chi connectivity index (χ0v) is 9.95. The van der Waals surface area contributed by atoms with Crippen LogP contribution in [0.1, 0.15) is 18.4 Å². The van der Waals surface area contributed by atoms with Crippen molar-refractivity contribution in [2.75, 3.05) is 20.8 Å². The Kier molecular flexibility index (Phi) is 3.67. The van der Waals surface area contributed by atoms with E-state index in [-0.39, 0.29) is 0 Å². The summed E-state index contributed by atoms with van der Waals surface area (Å²) in [7, 11) is 3.41. The fraction of sp³-hybridized carbons (Fsp3) is 0.538. The lowest BCUT2D eigenvalue weighted by atomic mass is 10.0. The molecule has 1 aliphatic heterocycles. The Hall–Kier alpha value is -1.22. The molecule has 2 rings (SSSR count). The number of benzene rings is 1. The predicted molar refractivity (Wildman–Crippen MR) is 64.3 cm³/mol. The first-order valence-corrected chi connectivity index (χ1v) is 5.78. The minimum absolute atomic E-state index is 0.584. The normalized spacial score (nSPS) is 19.8. The van der Waals surface area contributed by atoms with Crippen LogP contribution in [0.5, 0.6) is 11.5 Å². The van der Waals surface area contributed by atoms with E-state index in [0.717, 1.165) is 24.5 Å². The molecule has 1 fully saturated rings. The standard InChI is InChI=1S/C13H19NO2/c1-15-12-5-6-13(16-2)10(9-12)8-11-4-3-7-14-11/h5-6,9,11,14H,3-4,7-8H2,1-2H3. The van der Waals surface area contributed by atoms with Crippen LogP contribution in [-0.2, 0) is 6.42 Å². The van der Waals surface area contributed by atoms with Gasteiger partial charge in [0.2, 0.25) is 0 Å². The summed E-state index contributed by atoms with van der Waals surface area (Å²) < 4.78 is 10.6. The molecule has 1 N–H and O–H groups in total. The van der Waals surface area contributed by atoms with Gasteiger partial charge in [-0.2, -0.15) is 0 Å². The summed E-state index contributed by atoms with van der Waals surface area (Å²) >= 11 is 0. The van der Waals surface area contributed by atoms with E-state index >= 15 is 0 Å². The molecule has 1 heterocycles. The Morgan fingerprint density at radius 2 is 2.19 bits per heavy atom. The molecule has 0 aromatic heterocycles. The Labute approximate surface area is 96.8 Å². The van der Waals surface area contributed by atoms with Gasteiger partial charge in [-0.05, 0) is 49.6 Å². The third-order valence-corrected chi connectivity index (χ3v) is 3.12. The van der Waals surface area contributed by atoms with Crippen molar-refractivity contribution < 1.29 is 9.47 Å². The van der Waals surface area contributed by atoms with Crippen LogP contribution in [0.3, 0.4) is 0 Å². The molecule has 0 aliphatic carbocycles. The first kappa shape index (κ1) is 11.3. The zero-order valence-electron chi connectivity index (χ0n) is 9.95. The number of methoxy groups -OCH3 is 2. The molecule has 0 radical (unpaired) electrons. The monoisotopic (exact) mass is 221 g/mol. The van der Waals surface area contributed by atoms with E-state index in [9.17, 15) is 0 Å². The van der Waals surface area contributed by atoms with Crippen LogP contribution in [0, 0.1) is 0 Å². The van der Waals surface area contributed by atoms with Gasteiger partial charge in [-0.25, -0.2) is 0 Å². The molecule has 1 aliphatic rings. The van der Waals surface area contributed by atoms with Gasteiger partial charge in [0.1, 0.15) is 11.5 Å². The fourth-order valence-corrected chi connectivity index (χ4v) is 2.24. The molecular formula is C13H19NO2. The van der Waals surface area contributed by atoms with Gasteiger partial charge < -0.3 is 14.8 Å². The first-order valence-electron chi connectivity index (χ1n) is 5.78. The molecule has 0 bridgehead atoms. The summed E-state index contributed by atoms with van der Waals surface area (Å²) in [6, 6.07) is 6.56. The van der Waals surface area contributed by atoms with Gasteiger partial charge in [0.15, 0.2) is 0 Å². The maximum absolute atomic E-state index is 5.37. The molecule has 88 valence electrons. The van der Waals surface area contributed by atoms with E-state index < -0.39 is 0 Å². The van der Waals surface area contributed by atoms with Crippen molar-refractivity contribution in [3.8, 4) is 11.5 Å². The van der Waals surface area contributed by atoms with Crippen LogP contribution in [0.2, 0.25) is 0 Å². The van der Waals surface area contributed by atoms with Gasteiger partial charge in [-0.15, -0.1) is 0 Å². The number of ether oxygens (including phenoxy) is 2. The summed E-state index contributed by atoms with van der Waals surface area (Å²) in [4.78, 5) is 0. The second kappa shape index (κ2) is 5.21. The minimum atomic E-state index is 0.584. The van der Waals surface area contributed by atoms with Crippen LogP contribution in [0.15, 0.2) is 18.2 Å². The van der Waals surface area contributed by atoms with Crippen molar-refractivity contribution in [1.82, 2.24) is 5.32 Å². The Bertz CT molecular complexity index is 346. The van der Waals surface area contributed by atoms with Gasteiger partial charge in [0, 0.05) is 6.04 Å². The third kappa shape index (κ3) is 2.47. The van der Waals surface area contributed by atoms with E-state index in [1.54, 1.807) is 14.2 Å². The molecule has 16 heavy (non-hydrogen) atoms. The van der Waals surface area contributed by atoms with E-state index in [0.29, 0.717) is 6.04 Å². The first-order chi connectivity index (χ1) is 7.83.